The summed E-state index contributed by atoms with van der Waals surface area (Å²) in [5, 5.41) is 13.4. The van der Waals surface area contributed by atoms with Crippen molar-refractivity contribution in [1.82, 2.24) is 0 Å². The maximum atomic E-state index is 2.82. The van der Waals surface area contributed by atoms with E-state index in [1.54, 1.807) is 25.9 Å². The van der Waals surface area contributed by atoms with Crippen molar-refractivity contribution in [3.05, 3.63) is 137 Å². The largest absolute Gasteiger partial charge is 0.309 e. The molecule has 2 nitrogen and oxygen atoms in total. The van der Waals surface area contributed by atoms with Crippen molar-refractivity contribution in [3.63, 3.8) is 0 Å². The average Bonchev–Trinajstić information content (AvgIpc) is 3.56. The molecule has 78 heavy (non-hydrogen) atoms. The highest BCUT2D eigenvalue weighted by Gasteiger charge is 2.35. The summed E-state index contributed by atoms with van der Waals surface area (Å²) < 4.78 is 0. The summed E-state index contributed by atoms with van der Waals surface area (Å²) >= 11 is 0. The molecule has 7 rings (SSSR count). The van der Waals surface area contributed by atoms with Gasteiger partial charge in [-0.25, -0.2) is 0 Å². The molecule has 0 bridgehead atoms. The summed E-state index contributed by atoms with van der Waals surface area (Å²) in [7, 11) is -6.52. The van der Waals surface area contributed by atoms with E-state index in [1.165, 1.54) is 150 Å². The Kier molecular flexibility index (Phi) is 19.9. The molecule has 7 aromatic rings. The Balaban J connectivity index is 1.82. The van der Waals surface area contributed by atoms with E-state index in [4.69, 9.17) is 0 Å². The van der Waals surface area contributed by atoms with Crippen LogP contribution in [0.4, 0.5) is 34.1 Å². The number of hydrogen-bond donors (Lipinski definition) is 0. The van der Waals surface area contributed by atoms with Gasteiger partial charge in [0.05, 0.1) is 54.6 Å². The zero-order valence-electron chi connectivity index (χ0n) is 52.9. The van der Waals surface area contributed by atoms with Gasteiger partial charge < -0.3 is 9.80 Å². The van der Waals surface area contributed by atoms with Gasteiger partial charge in [0, 0.05) is 44.3 Å². The summed E-state index contributed by atoms with van der Waals surface area (Å²) in [6.45, 7) is 48.6. The van der Waals surface area contributed by atoms with Gasteiger partial charge in [-0.3, -0.25) is 0 Å². The van der Waals surface area contributed by atoms with Crippen molar-refractivity contribution in [2.75, 3.05) is 9.80 Å². The summed E-state index contributed by atoms with van der Waals surface area (Å²) in [6, 6.07) is 60.6. The number of fused-ring (bicyclic) bond motifs is 2. The summed E-state index contributed by atoms with van der Waals surface area (Å²) in [4.78, 5) is 5.61. The first-order valence-corrected chi connectivity index (χ1v) is 42.6. The fourth-order valence-corrected chi connectivity index (χ4v) is 27.5. The predicted molar refractivity (Wildman–Crippen MR) is 370 cm³/mol. The minimum Gasteiger partial charge on any atom is -0.309 e. The molecule has 7 aromatic carbocycles. The number of nitrogens with zero attached hydrogens (tertiary/aromatic N) is 2. The molecule has 7 heteroatoms. The van der Waals surface area contributed by atoms with E-state index in [9.17, 15) is 0 Å². The Labute approximate surface area is 484 Å². The minimum absolute atomic E-state index is 0.0710. The molecule has 0 amide bonds. The first-order valence-electron chi connectivity index (χ1n) is 31.2. The third-order valence-electron chi connectivity index (χ3n) is 19.2. The van der Waals surface area contributed by atoms with Crippen LogP contribution in [0.25, 0.3) is 21.5 Å². The van der Waals surface area contributed by atoms with Gasteiger partial charge >= 0.3 is 0 Å². The number of benzene rings is 7. The normalized spacial score (nSPS) is 12.8. The van der Waals surface area contributed by atoms with Gasteiger partial charge in [0.25, 0.3) is 0 Å². The van der Waals surface area contributed by atoms with Crippen LogP contribution in [0.15, 0.2) is 109 Å². The molecule has 0 atom stereocenters. The number of rotatable bonds is 22. The van der Waals surface area contributed by atoms with Crippen molar-refractivity contribution in [2.45, 2.75) is 216 Å². The van der Waals surface area contributed by atoms with Crippen LogP contribution in [0.2, 0.25) is 66.5 Å². The van der Waals surface area contributed by atoms with Gasteiger partial charge in [-0.1, -0.05) is 259 Å². The molecule has 0 unspecified atom stereocenters. The molecule has 0 fully saturated rings. The lowest BCUT2D eigenvalue weighted by Gasteiger charge is -2.36. The molecule has 0 saturated heterocycles. The van der Waals surface area contributed by atoms with E-state index in [2.05, 4.69) is 257 Å². The fraction of sp³-hybridized carbons (Fsp3) is 0.465. The predicted octanol–water partition coefficient (Wildman–Crippen LogP) is 18.1. The smallest absolute Gasteiger partial charge is 0.0860 e. The number of aryl methyl sites for hydroxylation is 3. The Hall–Kier alpha value is -4.26. The van der Waals surface area contributed by atoms with Crippen LogP contribution in [0.1, 0.15) is 146 Å². The highest BCUT2D eigenvalue weighted by molar-refractivity contribution is 6.92. The second kappa shape index (κ2) is 25.3. The number of anilines is 6. The quantitative estimate of drug-likeness (QED) is 0.0379. The average molecular weight is 1130 g/mol. The van der Waals surface area contributed by atoms with Crippen LogP contribution in [-0.4, -0.2) is 43.3 Å². The zero-order chi connectivity index (χ0) is 57.1. The van der Waals surface area contributed by atoms with Crippen LogP contribution in [0, 0.1) is 20.8 Å². The third kappa shape index (κ3) is 12.3. The van der Waals surface area contributed by atoms with Gasteiger partial charge in [-0.05, 0) is 120 Å². The second-order valence-corrected chi connectivity index (χ2v) is 46.2. The Bertz CT molecular complexity index is 3180. The molecule has 0 aliphatic heterocycles. The molecule has 0 aromatic heterocycles. The first-order chi connectivity index (χ1) is 37.1. The van der Waals surface area contributed by atoms with E-state index in [0.717, 1.165) is 0 Å². The lowest BCUT2D eigenvalue weighted by atomic mass is 9.82. The van der Waals surface area contributed by atoms with Crippen molar-refractivity contribution >= 4 is 125 Å². The fourth-order valence-electron chi connectivity index (χ4n) is 13.7. The Morgan fingerprint density at radius 2 is 0.731 bits per heavy atom. The molecule has 0 heterocycles. The van der Waals surface area contributed by atoms with Crippen LogP contribution in [0.5, 0.6) is 0 Å². The third-order valence-corrected chi connectivity index (χ3v) is 38.3. The highest BCUT2D eigenvalue weighted by atomic mass is 28.3. The van der Waals surface area contributed by atoms with Gasteiger partial charge in [0.1, 0.15) is 0 Å². The van der Waals surface area contributed by atoms with Crippen molar-refractivity contribution < 1.29 is 0 Å². The Morgan fingerprint density at radius 1 is 0.385 bits per heavy atom. The maximum absolute atomic E-state index is 2.82. The molecule has 418 valence electrons. The second-order valence-electron chi connectivity index (χ2n) is 26.0. The van der Waals surface area contributed by atoms with E-state index in [-0.39, 0.29) is 10.8 Å². The SMILES string of the molecule is CC[SiH2]c1cc(N(c2cc(C)cc([Si](CC)(CC)CC)c2)c2c3ccc(C(C)(C)C)cc3c(N(c3cc(C)cc([SiH](CC)CC)c3)c3cc(C)cc([Si](CC)(CC)CC)c3)c3ccc(C(C)(C)C)cc23)cc([SiH](CC)CC)c1. The first kappa shape index (κ1) is 61.4. The molecule has 0 aliphatic rings. The lowest BCUT2D eigenvalue weighted by Crippen LogP contribution is -2.46. The molecule has 0 N–H and O–H groups in total. The van der Waals surface area contributed by atoms with E-state index < -0.39 is 43.3 Å². The zero-order valence-corrected chi connectivity index (χ0v) is 58.7. The molecule has 0 aliphatic carbocycles. The van der Waals surface area contributed by atoms with Gasteiger partial charge in [0.15, 0.2) is 0 Å². The molecule has 0 radical (unpaired) electrons. The Morgan fingerprint density at radius 3 is 1.08 bits per heavy atom. The van der Waals surface area contributed by atoms with Crippen molar-refractivity contribution in [3.8, 4) is 0 Å². The topological polar surface area (TPSA) is 6.48 Å². The van der Waals surface area contributed by atoms with Gasteiger partial charge in [-0.2, -0.15) is 0 Å². The molecule has 0 saturated carbocycles. The van der Waals surface area contributed by atoms with Gasteiger partial charge in [0.2, 0.25) is 0 Å². The summed E-state index contributed by atoms with van der Waals surface area (Å²) in [6.07, 6.45) is 0. The monoisotopic (exact) mass is 1120 g/mol. The lowest BCUT2D eigenvalue weighted by molar-refractivity contribution is 0.590. The molecule has 0 spiro atoms. The van der Waals surface area contributed by atoms with Crippen LogP contribution < -0.4 is 35.7 Å². The van der Waals surface area contributed by atoms with E-state index >= 15 is 0 Å². The van der Waals surface area contributed by atoms with E-state index in [1.807, 2.05) is 0 Å². The minimum atomic E-state index is -1.81. The molecular weight excluding hydrogens is 1020 g/mol. The summed E-state index contributed by atoms with van der Waals surface area (Å²) in [5.74, 6) is 0. The van der Waals surface area contributed by atoms with Gasteiger partial charge in [-0.15, -0.1) is 0 Å². The highest BCUT2D eigenvalue weighted by Crippen LogP contribution is 2.53. The standard InChI is InChI=1S/C71H104N2Si5/c1-21-74-59-44-58(46-61(49-59)76(24-4)25-5)73(57-38-52(14)41-63(48-57)78(29-9,30-10)31-11)69-65-35-33-53(70(15,16)17)42-66(65)68(64-34-32-54(43-67(64)69)71(18,19)20)72(55-36-50(12)39-60(45-55)75(22-2)23-3)56-37-51(13)40-62(47-56)77(26-6,27-7)28-8/h32-49,75-76H,21-31,74H2,1-20H3. The van der Waals surface area contributed by atoms with E-state index in [0.29, 0.717) is 0 Å². The van der Waals surface area contributed by atoms with Crippen LogP contribution in [-0.2, 0) is 10.8 Å². The van der Waals surface area contributed by atoms with Crippen molar-refractivity contribution in [2.24, 2.45) is 0 Å². The van der Waals surface area contributed by atoms with Crippen LogP contribution in [0.3, 0.4) is 0 Å². The van der Waals surface area contributed by atoms with Crippen molar-refractivity contribution in [1.29, 1.82) is 0 Å². The maximum Gasteiger partial charge on any atom is 0.0860 e. The summed E-state index contributed by atoms with van der Waals surface area (Å²) in [5.41, 5.74) is 14.6. The van der Waals surface area contributed by atoms with Crippen LogP contribution >= 0.6 is 0 Å². The molecular formula is C71H104N2Si5. The number of hydrogen-bond acceptors (Lipinski definition) is 2.